The van der Waals surface area contributed by atoms with Crippen LogP contribution in [0.3, 0.4) is 0 Å². The fourth-order valence-corrected chi connectivity index (χ4v) is 3.35. The van der Waals surface area contributed by atoms with Gasteiger partial charge >= 0.3 is 0 Å². The van der Waals surface area contributed by atoms with Gasteiger partial charge in [0, 0.05) is 10.4 Å². The van der Waals surface area contributed by atoms with Crippen molar-refractivity contribution < 1.29 is 4.79 Å². The topological polar surface area (TPSA) is 41.5 Å². The summed E-state index contributed by atoms with van der Waals surface area (Å²) in [5.41, 5.74) is 6.27. The van der Waals surface area contributed by atoms with Crippen LogP contribution in [0.15, 0.2) is 71.8 Å². The molecule has 3 aromatic rings. The van der Waals surface area contributed by atoms with Crippen molar-refractivity contribution in [1.29, 1.82) is 0 Å². The normalized spacial score (nSPS) is 11.4. The maximum Gasteiger partial charge on any atom is 0.271 e. The summed E-state index contributed by atoms with van der Waals surface area (Å²) in [7, 11) is 0. The molecule has 1 N–H and O–H groups in total. The zero-order valence-electron chi connectivity index (χ0n) is 14.3. The summed E-state index contributed by atoms with van der Waals surface area (Å²) in [4.78, 5) is 14.7. The number of rotatable bonds is 5. The highest BCUT2D eigenvalue weighted by Gasteiger charge is 2.07. The lowest BCUT2D eigenvalue weighted by molar-refractivity contribution is 0.0955. The Morgan fingerprint density at radius 1 is 0.960 bits per heavy atom. The summed E-state index contributed by atoms with van der Waals surface area (Å²) in [6.07, 6.45) is 1.01. The molecule has 0 aliphatic rings. The van der Waals surface area contributed by atoms with Crippen molar-refractivity contribution in [3.05, 3.63) is 82.0 Å². The predicted octanol–water partition coefficient (Wildman–Crippen LogP) is 5.13. The lowest BCUT2D eigenvalue weighted by atomic mass is 10.0. The summed E-state index contributed by atoms with van der Waals surface area (Å²) in [5, 5.41) is 4.23. The Kier molecular flexibility index (Phi) is 5.41. The molecule has 0 atom stereocenters. The van der Waals surface area contributed by atoms with Gasteiger partial charge in [0.1, 0.15) is 0 Å². The summed E-state index contributed by atoms with van der Waals surface area (Å²) in [6.45, 7) is 4.03. The van der Waals surface area contributed by atoms with Crippen LogP contribution < -0.4 is 5.43 Å². The first kappa shape index (κ1) is 17.1. The monoisotopic (exact) mass is 348 g/mol. The molecule has 3 nitrogen and oxygen atoms in total. The molecule has 0 aliphatic carbocycles. The predicted molar refractivity (Wildman–Crippen MR) is 105 cm³/mol. The molecule has 0 spiro atoms. The number of nitrogens with zero attached hydrogens (tertiary/aromatic N) is 1. The molecule has 0 saturated carbocycles. The van der Waals surface area contributed by atoms with Gasteiger partial charge in [0.2, 0.25) is 0 Å². The molecule has 1 amide bonds. The number of thiophene rings is 1. The van der Waals surface area contributed by atoms with Crippen LogP contribution in [0.25, 0.3) is 11.1 Å². The van der Waals surface area contributed by atoms with Crippen molar-refractivity contribution in [2.24, 2.45) is 5.10 Å². The zero-order chi connectivity index (χ0) is 17.6. The number of aryl methyl sites for hydroxylation is 1. The third-order valence-corrected chi connectivity index (χ3v) is 5.28. The minimum absolute atomic E-state index is 0.203. The summed E-state index contributed by atoms with van der Waals surface area (Å²) < 4.78 is 0. The quantitative estimate of drug-likeness (QED) is 0.504. The first-order chi connectivity index (χ1) is 12.2. The number of hydrogen-bond donors (Lipinski definition) is 1. The highest BCUT2D eigenvalue weighted by Crippen LogP contribution is 2.19. The Morgan fingerprint density at radius 2 is 1.64 bits per heavy atom. The van der Waals surface area contributed by atoms with Crippen LogP contribution in [0, 0.1) is 0 Å². The van der Waals surface area contributed by atoms with E-state index in [0.29, 0.717) is 5.56 Å². The van der Waals surface area contributed by atoms with E-state index in [4.69, 9.17) is 0 Å². The molecule has 25 heavy (non-hydrogen) atoms. The molecule has 1 heterocycles. The molecule has 0 bridgehead atoms. The van der Waals surface area contributed by atoms with Crippen LogP contribution in [0.4, 0.5) is 0 Å². The van der Waals surface area contributed by atoms with Crippen molar-refractivity contribution in [2.75, 3.05) is 0 Å². The number of amides is 1. The van der Waals surface area contributed by atoms with Gasteiger partial charge in [-0.05, 0) is 48.7 Å². The first-order valence-corrected chi connectivity index (χ1v) is 9.08. The van der Waals surface area contributed by atoms with Crippen LogP contribution in [0.1, 0.15) is 34.0 Å². The van der Waals surface area contributed by atoms with Crippen molar-refractivity contribution >= 4 is 23.0 Å². The number of carbonyl (C=O) groups is 1. The smallest absolute Gasteiger partial charge is 0.267 e. The lowest BCUT2D eigenvalue weighted by Gasteiger charge is -2.04. The summed E-state index contributed by atoms with van der Waals surface area (Å²) >= 11 is 1.71. The van der Waals surface area contributed by atoms with Gasteiger partial charge in [0.05, 0.1) is 10.6 Å². The minimum Gasteiger partial charge on any atom is -0.267 e. The fraction of sp³-hybridized carbons (Fsp3) is 0.143. The summed E-state index contributed by atoms with van der Waals surface area (Å²) in [6, 6.07) is 21.8. The van der Waals surface area contributed by atoms with Crippen molar-refractivity contribution in [3.63, 3.8) is 0 Å². The highest BCUT2D eigenvalue weighted by atomic mass is 32.1. The fourth-order valence-electron chi connectivity index (χ4n) is 2.46. The zero-order valence-corrected chi connectivity index (χ0v) is 15.1. The second kappa shape index (κ2) is 7.90. The Morgan fingerprint density at radius 3 is 2.28 bits per heavy atom. The Hall–Kier alpha value is -2.72. The second-order valence-electron chi connectivity index (χ2n) is 5.70. The Balaban J connectivity index is 1.68. The van der Waals surface area contributed by atoms with Crippen LogP contribution in [-0.4, -0.2) is 11.6 Å². The van der Waals surface area contributed by atoms with Crippen LogP contribution in [0.2, 0.25) is 0 Å². The summed E-state index contributed by atoms with van der Waals surface area (Å²) in [5.74, 6) is -0.203. The molecule has 0 unspecified atom stereocenters. The maximum atomic E-state index is 12.3. The second-order valence-corrected chi connectivity index (χ2v) is 6.87. The van der Waals surface area contributed by atoms with Gasteiger partial charge in [-0.15, -0.1) is 11.3 Å². The van der Waals surface area contributed by atoms with E-state index in [9.17, 15) is 4.79 Å². The van der Waals surface area contributed by atoms with Gasteiger partial charge in [-0.25, -0.2) is 5.43 Å². The number of benzene rings is 2. The first-order valence-electron chi connectivity index (χ1n) is 8.26. The molecule has 1 aromatic heterocycles. The number of carbonyl (C=O) groups excluding carboxylic acids is 1. The van der Waals surface area contributed by atoms with Gasteiger partial charge in [-0.2, -0.15) is 5.10 Å². The number of nitrogens with one attached hydrogen (secondary N) is 1. The van der Waals surface area contributed by atoms with Crippen molar-refractivity contribution in [3.8, 4) is 11.1 Å². The lowest BCUT2D eigenvalue weighted by Crippen LogP contribution is -2.19. The molecule has 0 aliphatic heterocycles. The standard InChI is InChI=1S/C21H20N2OS/c1-3-19-13-14-20(25-19)15(2)22-23-21(24)18-11-9-17(10-12-18)16-7-5-4-6-8-16/h4-14H,3H2,1-2H3,(H,23,24). The molecular formula is C21H20N2OS. The van der Waals surface area contributed by atoms with Crippen LogP contribution in [0.5, 0.6) is 0 Å². The van der Waals surface area contributed by atoms with E-state index >= 15 is 0 Å². The number of hydrogen-bond acceptors (Lipinski definition) is 3. The van der Waals surface area contributed by atoms with Gasteiger partial charge in [0.25, 0.3) is 5.91 Å². The minimum atomic E-state index is -0.203. The van der Waals surface area contributed by atoms with Gasteiger partial charge in [-0.3, -0.25) is 4.79 Å². The van der Waals surface area contributed by atoms with Gasteiger partial charge in [-0.1, -0.05) is 49.4 Å². The molecule has 0 fully saturated rings. The van der Waals surface area contributed by atoms with E-state index in [1.54, 1.807) is 11.3 Å². The molecule has 126 valence electrons. The largest absolute Gasteiger partial charge is 0.271 e. The van der Waals surface area contributed by atoms with E-state index in [2.05, 4.69) is 23.5 Å². The molecule has 4 heteroatoms. The van der Waals surface area contributed by atoms with E-state index < -0.39 is 0 Å². The Labute approximate surface area is 152 Å². The average molecular weight is 348 g/mol. The SMILES string of the molecule is CCc1ccc(C(C)=NNC(=O)c2ccc(-c3ccccc3)cc2)s1. The van der Waals surface area contributed by atoms with E-state index in [1.165, 1.54) is 4.88 Å². The number of hydrazone groups is 1. The highest BCUT2D eigenvalue weighted by molar-refractivity contribution is 7.14. The average Bonchev–Trinajstić information content (AvgIpc) is 3.16. The third kappa shape index (κ3) is 4.22. The van der Waals surface area contributed by atoms with Gasteiger partial charge < -0.3 is 0 Å². The molecule has 0 radical (unpaired) electrons. The van der Waals surface area contributed by atoms with E-state index in [-0.39, 0.29) is 5.91 Å². The molecule has 2 aromatic carbocycles. The van der Waals surface area contributed by atoms with Crippen molar-refractivity contribution in [2.45, 2.75) is 20.3 Å². The van der Waals surface area contributed by atoms with Gasteiger partial charge in [0.15, 0.2) is 0 Å². The van der Waals surface area contributed by atoms with Crippen molar-refractivity contribution in [1.82, 2.24) is 5.43 Å². The molecule has 0 saturated heterocycles. The molecule has 3 rings (SSSR count). The van der Waals surface area contributed by atoms with E-state index in [0.717, 1.165) is 28.1 Å². The Bertz CT molecular complexity index is 880. The van der Waals surface area contributed by atoms with Crippen LogP contribution >= 0.6 is 11.3 Å². The van der Waals surface area contributed by atoms with E-state index in [1.807, 2.05) is 67.6 Å². The maximum absolute atomic E-state index is 12.3. The van der Waals surface area contributed by atoms with Crippen LogP contribution in [-0.2, 0) is 6.42 Å². The molecular weight excluding hydrogens is 328 g/mol. The third-order valence-electron chi connectivity index (χ3n) is 3.95.